The van der Waals surface area contributed by atoms with Gasteiger partial charge in [-0.2, -0.15) is 0 Å². The van der Waals surface area contributed by atoms with Gasteiger partial charge in [-0.1, -0.05) is 52.3 Å². The van der Waals surface area contributed by atoms with Crippen molar-refractivity contribution in [1.29, 1.82) is 0 Å². The lowest BCUT2D eigenvalue weighted by Gasteiger charge is -2.29. The van der Waals surface area contributed by atoms with Crippen LogP contribution >= 0.6 is 15.9 Å². The Bertz CT molecular complexity index is 645. The van der Waals surface area contributed by atoms with Crippen LogP contribution in [0.2, 0.25) is 0 Å². The van der Waals surface area contributed by atoms with Crippen molar-refractivity contribution in [2.75, 3.05) is 0 Å². The zero-order chi connectivity index (χ0) is 13.4. The molecule has 0 heterocycles. The molecular weight excluding hydrogens is 300 g/mol. The molecule has 3 rings (SSSR count). The third-order valence-electron chi connectivity index (χ3n) is 3.89. The maximum atomic E-state index is 12.3. The van der Waals surface area contributed by atoms with Crippen LogP contribution in [0.3, 0.4) is 0 Å². The first-order chi connectivity index (χ1) is 9.15. The number of Topliss-reactive ketones (excluding diaryl/α,β-unsaturated/α-hetero) is 1. The van der Waals surface area contributed by atoms with Crippen LogP contribution in [0.25, 0.3) is 0 Å². The van der Waals surface area contributed by atoms with E-state index >= 15 is 0 Å². The number of ketones is 1. The molecule has 0 spiro atoms. The molecule has 1 aliphatic rings. The van der Waals surface area contributed by atoms with E-state index in [1.807, 2.05) is 25.1 Å². The van der Waals surface area contributed by atoms with Gasteiger partial charge in [0.1, 0.15) is 0 Å². The van der Waals surface area contributed by atoms with Gasteiger partial charge in [-0.25, -0.2) is 0 Å². The van der Waals surface area contributed by atoms with Gasteiger partial charge in [-0.15, -0.1) is 0 Å². The molecule has 19 heavy (non-hydrogen) atoms. The van der Waals surface area contributed by atoms with Crippen molar-refractivity contribution in [2.24, 2.45) is 0 Å². The number of halogens is 1. The van der Waals surface area contributed by atoms with Crippen molar-refractivity contribution in [1.82, 2.24) is 0 Å². The number of hydrogen-bond donors (Lipinski definition) is 0. The average Bonchev–Trinajstić information content (AvgIpc) is 2.39. The summed E-state index contributed by atoms with van der Waals surface area (Å²) >= 11 is 3.49. The third-order valence-corrected chi connectivity index (χ3v) is 4.74. The van der Waals surface area contributed by atoms with E-state index in [0.29, 0.717) is 12.3 Å². The Morgan fingerprint density at radius 2 is 2.05 bits per heavy atom. The maximum Gasteiger partial charge on any atom is 0.163 e. The van der Waals surface area contributed by atoms with Gasteiger partial charge < -0.3 is 0 Å². The molecule has 2 heteroatoms. The molecule has 2 aromatic carbocycles. The van der Waals surface area contributed by atoms with Gasteiger partial charge in [0.05, 0.1) is 0 Å². The molecule has 1 aliphatic carbocycles. The quantitative estimate of drug-likeness (QED) is 0.752. The largest absolute Gasteiger partial charge is 0.294 e. The van der Waals surface area contributed by atoms with Crippen LogP contribution in [-0.4, -0.2) is 5.78 Å². The Morgan fingerprint density at radius 3 is 2.79 bits per heavy atom. The van der Waals surface area contributed by atoms with Crippen molar-refractivity contribution >= 4 is 21.7 Å². The number of aryl methyl sites for hydroxylation is 1. The number of fused-ring (bicyclic) bond motifs is 1. The van der Waals surface area contributed by atoms with Crippen LogP contribution in [0.15, 0.2) is 46.9 Å². The standard InChI is InChI=1S/C17H15BrO/c1-11-6-7-13(9-16(11)18)17(19)10-14-8-12-4-2-3-5-15(12)14/h2-7,9,14H,8,10H2,1H3. The predicted molar refractivity (Wildman–Crippen MR) is 80.7 cm³/mol. The van der Waals surface area contributed by atoms with Crippen LogP contribution in [0, 0.1) is 6.92 Å². The van der Waals surface area contributed by atoms with Crippen molar-refractivity contribution < 1.29 is 4.79 Å². The predicted octanol–water partition coefficient (Wildman–Crippen LogP) is 4.67. The van der Waals surface area contributed by atoms with E-state index in [-0.39, 0.29) is 5.78 Å². The molecule has 1 unspecified atom stereocenters. The fourth-order valence-electron chi connectivity index (χ4n) is 2.65. The Labute approximate surface area is 121 Å². The first-order valence-corrected chi connectivity index (χ1v) is 7.31. The van der Waals surface area contributed by atoms with Gasteiger partial charge in [0.15, 0.2) is 5.78 Å². The summed E-state index contributed by atoms with van der Waals surface area (Å²) in [4.78, 5) is 12.3. The molecule has 0 N–H and O–H groups in total. The molecule has 0 amide bonds. The van der Waals surface area contributed by atoms with Gasteiger partial charge in [-0.05, 0) is 42.0 Å². The summed E-state index contributed by atoms with van der Waals surface area (Å²) < 4.78 is 1.01. The number of benzene rings is 2. The van der Waals surface area contributed by atoms with E-state index in [2.05, 4.69) is 40.2 Å². The lowest BCUT2D eigenvalue weighted by atomic mass is 9.74. The number of hydrogen-bond acceptors (Lipinski definition) is 1. The Morgan fingerprint density at radius 1 is 1.26 bits per heavy atom. The smallest absolute Gasteiger partial charge is 0.163 e. The van der Waals surface area contributed by atoms with Crippen LogP contribution < -0.4 is 0 Å². The monoisotopic (exact) mass is 314 g/mol. The third kappa shape index (κ3) is 2.37. The van der Waals surface area contributed by atoms with Crippen LogP contribution in [0.1, 0.15) is 39.4 Å². The molecule has 0 saturated carbocycles. The van der Waals surface area contributed by atoms with Gasteiger partial charge in [0, 0.05) is 16.5 Å². The first kappa shape index (κ1) is 12.6. The minimum absolute atomic E-state index is 0.236. The Kier molecular flexibility index (Phi) is 3.28. The highest BCUT2D eigenvalue weighted by Gasteiger charge is 2.27. The van der Waals surface area contributed by atoms with Crippen LogP contribution in [0.5, 0.6) is 0 Å². The SMILES string of the molecule is Cc1ccc(C(=O)CC2Cc3ccccc32)cc1Br. The maximum absolute atomic E-state index is 12.3. The molecule has 0 aromatic heterocycles. The highest BCUT2D eigenvalue weighted by atomic mass is 79.9. The van der Waals surface area contributed by atoms with Crippen molar-refractivity contribution in [3.8, 4) is 0 Å². The van der Waals surface area contributed by atoms with Gasteiger partial charge in [0.2, 0.25) is 0 Å². The molecule has 0 saturated heterocycles. The molecule has 2 aromatic rings. The van der Waals surface area contributed by atoms with E-state index < -0.39 is 0 Å². The molecule has 0 fully saturated rings. The Hall–Kier alpha value is -1.41. The molecule has 0 bridgehead atoms. The zero-order valence-electron chi connectivity index (χ0n) is 10.8. The number of rotatable bonds is 3. The lowest BCUT2D eigenvalue weighted by molar-refractivity contribution is 0.0970. The second-order valence-electron chi connectivity index (χ2n) is 5.19. The summed E-state index contributed by atoms with van der Waals surface area (Å²) in [5, 5.41) is 0. The zero-order valence-corrected chi connectivity index (χ0v) is 12.4. The van der Waals surface area contributed by atoms with E-state index in [0.717, 1.165) is 22.0 Å². The summed E-state index contributed by atoms with van der Waals surface area (Å²) in [6, 6.07) is 14.3. The number of carbonyl (C=O) groups is 1. The van der Waals surface area contributed by atoms with E-state index in [4.69, 9.17) is 0 Å². The minimum atomic E-state index is 0.236. The fraction of sp³-hybridized carbons (Fsp3) is 0.235. The first-order valence-electron chi connectivity index (χ1n) is 6.52. The summed E-state index contributed by atoms with van der Waals surface area (Å²) in [7, 11) is 0. The van der Waals surface area contributed by atoms with Crippen molar-refractivity contribution in [3.63, 3.8) is 0 Å². The second-order valence-corrected chi connectivity index (χ2v) is 6.05. The minimum Gasteiger partial charge on any atom is -0.294 e. The summed E-state index contributed by atoms with van der Waals surface area (Å²) in [6.07, 6.45) is 1.65. The highest BCUT2D eigenvalue weighted by Crippen LogP contribution is 2.38. The average molecular weight is 315 g/mol. The van der Waals surface area contributed by atoms with E-state index in [1.165, 1.54) is 11.1 Å². The molecule has 0 radical (unpaired) electrons. The molecule has 96 valence electrons. The normalized spacial score (nSPS) is 16.6. The highest BCUT2D eigenvalue weighted by molar-refractivity contribution is 9.10. The second kappa shape index (κ2) is 4.93. The summed E-state index contributed by atoms with van der Waals surface area (Å²) in [5.41, 5.74) is 4.71. The summed E-state index contributed by atoms with van der Waals surface area (Å²) in [6.45, 7) is 2.03. The molecule has 0 aliphatic heterocycles. The van der Waals surface area contributed by atoms with Gasteiger partial charge in [-0.3, -0.25) is 4.79 Å². The fourth-order valence-corrected chi connectivity index (χ4v) is 3.03. The lowest BCUT2D eigenvalue weighted by Crippen LogP contribution is -2.20. The number of carbonyl (C=O) groups excluding carboxylic acids is 1. The van der Waals surface area contributed by atoms with E-state index in [9.17, 15) is 4.79 Å². The van der Waals surface area contributed by atoms with Crippen molar-refractivity contribution in [2.45, 2.75) is 25.7 Å². The summed E-state index contributed by atoms with van der Waals surface area (Å²) in [5.74, 6) is 0.643. The molecule has 1 nitrogen and oxygen atoms in total. The van der Waals surface area contributed by atoms with Gasteiger partial charge in [0.25, 0.3) is 0 Å². The molecular formula is C17H15BrO. The van der Waals surface area contributed by atoms with Crippen LogP contribution in [-0.2, 0) is 6.42 Å². The topological polar surface area (TPSA) is 17.1 Å². The van der Waals surface area contributed by atoms with Crippen molar-refractivity contribution in [3.05, 3.63) is 69.2 Å². The van der Waals surface area contributed by atoms with Crippen LogP contribution in [0.4, 0.5) is 0 Å². The van der Waals surface area contributed by atoms with Gasteiger partial charge >= 0.3 is 0 Å². The Balaban J connectivity index is 1.75. The molecule has 1 atom stereocenters. The van der Waals surface area contributed by atoms with E-state index in [1.54, 1.807) is 0 Å².